The number of amides is 2. The van der Waals surface area contributed by atoms with Crippen LogP contribution in [0.25, 0.3) is 16.6 Å². The number of nitrogens with one attached hydrogen (secondary N) is 2. The number of phenols is 2. The van der Waals surface area contributed by atoms with Crippen molar-refractivity contribution < 1.29 is 39.5 Å². The third-order valence-electron chi connectivity index (χ3n) is 11.7. The molecule has 6 N–H and O–H groups in total. The van der Waals surface area contributed by atoms with Crippen LogP contribution in [0.2, 0.25) is 0 Å². The van der Waals surface area contributed by atoms with E-state index in [4.69, 9.17) is 9.72 Å². The molecule has 1 unspecified atom stereocenters. The van der Waals surface area contributed by atoms with Crippen LogP contribution < -0.4 is 21.1 Å². The number of carbonyl (C=O) groups excluding carboxylic acids is 2. The van der Waals surface area contributed by atoms with Gasteiger partial charge in [0.15, 0.2) is 5.82 Å². The molecule has 1 saturated heterocycles. The number of aromatic hydroxyl groups is 2. The number of aromatic carboxylic acids is 1. The van der Waals surface area contributed by atoms with E-state index in [1.807, 2.05) is 6.92 Å². The van der Waals surface area contributed by atoms with Crippen molar-refractivity contribution in [1.29, 1.82) is 0 Å². The normalized spacial score (nSPS) is 28.8. The Morgan fingerprint density at radius 2 is 1.75 bits per heavy atom. The molecule has 4 aromatic rings. The van der Waals surface area contributed by atoms with Gasteiger partial charge in [-0.05, 0) is 62.1 Å². The summed E-state index contributed by atoms with van der Waals surface area (Å²) in [6.07, 6.45) is -0.0491. The molecule has 6 atom stereocenters. The molecule has 14 heteroatoms. The highest BCUT2D eigenvalue weighted by molar-refractivity contribution is 6.07. The number of carbonyl (C=O) groups is 3. The van der Waals surface area contributed by atoms with Crippen molar-refractivity contribution in [2.75, 3.05) is 4.90 Å². The molecule has 266 valence electrons. The van der Waals surface area contributed by atoms with Gasteiger partial charge in [0.2, 0.25) is 11.8 Å². The Morgan fingerprint density at radius 3 is 2.48 bits per heavy atom. The van der Waals surface area contributed by atoms with Crippen LogP contribution in [0.3, 0.4) is 0 Å². The molecule has 1 aliphatic carbocycles. The predicted molar refractivity (Wildman–Crippen MR) is 186 cm³/mol. The van der Waals surface area contributed by atoms with Crippen LogP contribution in [0.4, 0.5) is 5.69 Å². The van der Waals surface area contributed by atoms with Gasteiger partial charge < -0.3 is 30.5 Å². The Hall–Kier alpha value is -5.57. The van der Waals surface area contributed by atoms with Crippen molar-refractivity contribution in [1.82, 2.24) is 20.2 Å². The van der Waals surface area contributed by atoms with E-state index in [1.165, 1.54) is 10.6 Å². The summed E-state index contributed by atoms with van der Waals surface area (Å²) < 4.78 is 7.57. The third-order valence-corrected chi connectivity index (χ3v) is 11.7. The lowest BCUT2D eigenvalue weighted by molar-refractivity contribution is -0.126. The molecule has 0 bridgehead atoms. The first kappa shape index (κ1) is 32.3. The van der Waals surface area contributed by atoms with Gasteiger partial charge in [-0.3, -0.25) is 29.2 Å². The van der Waals surface area contributed by atoms with Crippen molar-refractivity contribution in [3.05, 3.63) is 98.6 Å². The highest BCUT2D eigenvalue weighted by Crippen LogP contribution is 2.55. The van der Waals surface area contributed by atoms with E-state index in [2.05, 4.69) is 10.6 Å². The van der Waals surface area contributed by atoms with E-state index in [0.29, 0.717) is 35.2 Å². The van der Waals surface area contributed by atoms with Crippen LogP contribution in [0, 0.1) is 6.92 Å². The highest BCUT2D eigenvalue weighted by atomic mass is 16.5. The van der Waals surface area contributed by atoms with Gasteiger partial charge in [-0.2, -0.15) is 0 Å². The fourth-order valence-electron chi connectivity index (χ4n) is 8.72. The molecule has 2 amide bonds. The minimum absolute atomic E-state index is 0.0547. The molecule has 4 aliphatic heterocycles. The molecule has 5 heterocycles. The number of hydrogen-bond donors (Lipinski definition) is 6. The summed E-state index contributed by atoms with van der Waals surface area (Å²) in [5.74, 6) is -3.83. The molecule has 5 aliphatic rings. The summed E-state index contributed by atoms with van der Waals surface area (Å²) >= 11 is 0. The van der Waals surface area contributed by atoms with E-state index in [0.717, 1.165) is 0 Å². The van der Waals surface area contributed by atoms with Gasteiger partial charge in [0.25, 0.3) is 5.56 Å². The lowest BCUT2D eigenvalue weighted by Gasteiger charge is -2.38. The first-order chi connectivity index (χ1) is 24.8. The molecule has 2 fully saturated rings. The molecule has 1 saturated carbocycles. The number of fused-ring (bicyclic) bond motifs is 6. The van der Waals surface area contributed by atoms with Crippen molar-refractivity contribution in [2.24, 2.45) is 0 Å². The van der Waals surface area contributed by atoms with Gasteiger partial charge in [-0.1, -0.05) is 37.3 Å². The average Bonchev–Trinajstić information content (AvgIpc) is 3.79. The number of aromatic nitrogens is 2. The average molecular weight is 706 g/mol. The van der Waals surface area contributed by atoms with Crippen LogP contribution in [-0.2, 0) is 19.9 Å². The second-order valence-corrected chi connectivity index (χ2v) is 14.5. The summed E-state index contributed by atoms with van der Waals surface area (Å²) in [5, 5.41) is 51.1. The largest absolute Gasteiger partial charge is 0.507 e. The second kappa shape index (κ2) is 10.7. The number of rotatable bonds is 4. The SMILES string of the molecule is Cc1c(O)c(C(=O)O)c(O)c2c1[C@H](C)[C@@H](C)O[C@@H]2/C=C1\NC(=O)C(C[C@@]2(O)c3ccccc3N3C(=O)C4(CC4)N[C@@H]32)n2c1nc1ccccc1c2=O. The maximum atomic E-state index is 14.4. The Labute approximate surface area is 296 Å². The zero-order valence-electron chi connectivity index (χ0n) is 28.4. The van der Waals surface area contributed by atoms with E-state index in [1.54, 1.807) is 67.3 Å². The van der Waals surface area contributed by atoms with Crippen molar-refractivity contribution in [3.8, 4) is 11.5 Å². The number of benzene rings is 3. The number of ether oxygens (including phenoxy) is 1. The maximum absolute atomic E-state index is 14.4. The first-order valence-corrected chi connectivity index (χ1v) is 17.2. The van der Waals surface area contributed by atoms with Gasteiger partial charge in [-0.25, -0.2) is 9.78 Å². The Balaban J connectivity index is 1.21. The van der Waals surface area contributed by atoms with Crippen LogP contribution in [0.15, 0.2) is 59.4 Å². The summed E-state index contributed by atoms with van der Waals surface area (Å²) in [6, 6.07) is 12.4. The van der Waals surface area contributed by atoms with Crippen LogP contribution >= 0.6 is 0 Å². The number of hydrogen-bond acceptors (Lipinski definition) is 10. The lowest BCUT2D eigenvalue weighted by Crippen LogP contribution is -2.53. The molecule has 52 heavy (non-hydrogen) atoms. The standard InChI is InChI=1S/C38H35N5O9/c1-16-18(3)52-25(27-26(16)17(2)29(44)28(30(27)45)34(48)49)14-22-31-39-21-10-6-4-8-19(21)33(47)42(31)24(32(46)40-22)15-38(51)20-9-5-7-11-23(20)43-35(38)41-37(12-13-37)36(43)50/h4-11,14,16,18,24-25,35,41,44-45,51H,12-13,15H2,1-3H3,(H,40,46)(H,48,49)/b22-14-/t16-,18-,24?,25-,35+,38-/m1/s1. The van der Waals surface area contributed by atoms with Crippen LogP contribution in [0.1, 0.15) is 89.6 Å². The third kappa shape index (κ3) is 4.19. The minimum atomic E-state index is -1.78. The lowest BCUT2D eigenvalue weighted by atomic mass is 9.81. The molecular formula is C38H35N5O9. The number of carboxylic acid groups (broad SMARTS) is 1. The monoisotopic (exact) mass is 705 g/mol. The molecule has 9 rings (SSSR count). The van der Waals surface area contributed by atoms with Crippen molar-refractivity contribution in [2.45, 2.75) is 81.5 Å². The number of carboxylic acids is 1. The van der Waals surface area contributed by atoms with E-state index < -0.39 is 70.1 Å². The minimum Gasteiger partial charge on any atom is -0.507 e. The number of nitrogens with zero attached hydrogens (tertiary/aromatic N) is 3. The zero-order valence-corrected chi connectivity index (χ0v) is 28.4. The van der Waals surface area contributed by atoms with E-state index in [-0.39, 0.29) is 46.3 Å². The van der Waals surface area contributed by atoms with Gasteiger partial charge >= 0.3 is 5.97 Å². The molecule has 1 aromatic heterocycles. The molecule has 3 aromatic carbocycles. The topological polar surface area (TPSA) is 204 Å². The van der Waals surface area contributed by atoms with Crippen LogP contribution in [0.5, 0.6) is 11.5 Å². The van der Waals surface area contributed by atoms with Gasteiger partial charge in [0, 0.05) is 23.5 Å². The van der Waals surface area contributed by atoms with Crippen molar-refractivity contribution in [3.63, 3.8) is 0 Å². The fraction of sp³-hybridized carbons (Fsp3) is 0.342. The van der Waals surface area contributed by atoms with E-state index >= 15 is 0 Å². The Bertz CT molecular complexity index is 2400. The maximum Gasteiger partial charge on any atom is 0.343 e. The smallest absolute Gasteiger partial charge is 0.343 e. The summed E-state index contributed by atoms with van der Waals surface area (Å²) in [6.45, 7) is 5.20. The van der Waals surface area contributed by atoms with Gasteiger partial charge in [0.1, 0.15) is 46.5 Å². The second-order valence-electron chi connectivity index (χ2n) is 14.5. The number of aliphatic hydroxyl groups is 1. The zero-order chi connectivity index (χ0) is 36.6. The summed E-state index contributed by atoms with van der Waals surface area (Å²) in [4.78, 5) is 60.9. The summed E-state index contributed by atoms with van der Waals surface area (Å²) in [5.41, 5.74) is -1.47. The predicted octanol–water partition coefficient (Wildman–Crippen LogP) is 3.18. The number of anilines is 1. The molecular weight excluding hydrogens is 670 g/mol. The molecule has 14 nitrogen and oxygen atoms in total. The summed E-state index contributed by atoms with van der Waals surface area (Å²) in [7, 11) is 0. The fourth-order valence-corrected chi connectivity index (χ4v) is 8.72. The first-order valence-electron chi connectivity index (χ1n) is 17.2. The van der Waals surface area contributed by atoms with Crippen LogP contribution in [-0.4, -0.2) is 65.6 Å². The Kier molecular flexibility index (Phi) is 6.67. The highest BCUT2D eigenvalue weighted by Gasteiger charge is 2.67. The Morgan fingerprint density at radius 1 is 1.04 bits per heavy atom. The van der Waals surface area contributed by atoms with Gasteiger partial charge in [0.05, 0.1) is 28.4 Å². The van der Waals surface area contributed by atoms with Crippen molar-refractivity contribution >= 4 is 40.1 Å². The quantitative estimate of drug-likeness (QED) is 0.182. The van der Waals surface area contributed by atoms with Gasteiger partial charge in [-0.15, -0.1) is 0 Å². The number of para-hydroxylation sites is 2. The molecule has 1 spiro atoms. The van der Waals surface area contributed by atoms with E-state index in [9.17, 15) is 39.6 Å². The molecule has 0 radical (unpaired) electrons.